The first-order chi connectivity index (χ1) is 8.31. The first kappa shape index (κ1) is 14.2. The molecule has 0 aliphatic carbocycles. The van der Waals surface area contributed by atoms with E-state index in [-0.39, 0.29) is 0 Å². The zero-order chi connectivity index (χ0) is 12.5. The Morgan fingerprint density at radius 1 is 0.824 bits per heavy atom. The smallest absolute Gasteiger partial charge is 0.0406 e. The molecule has 1 aromatic rings. The van der Waals surface area contributed by atoms with Crippen molar-refractivity contribution in [3.05, 3.63) is 29.1 Å². The van der Waals surface area contributed by atoms with Crippen LogP contribution in [0.15, 0.2) is 12.3 Å². The van der Waals surface area contributed by atoms with Crippen LogP contribution in [0.25, 0.3) is 0 Å². The predicted octanol–water partition coefficient (Wildman–Crippen LogP) is 4.72. The second-order valence-electron chi connectivity index (χ2n) is 4.90. The number of rotatable bonds is 8. The summed E-state index contributed by atoms with van der Waals surface area (Å²) < 4.78 is 0. The molecule has 0 aromatic carbocycles. The number of aryl methyl sites for hydroxylation is 3. The summed E-state index contributed by atoms with van der Waals surface area (Å²) >= 11 is 0. The Morgan fingerprint density at radius 2 is 1.47 bits per heavy atom. The first-order valence-corrected chi connectivity index (χ1v) is 7.28. The fourth-order valence-electron chi connectivity index (χ4n) is 2.16. The molecule has 0 aliphatic rings. The quantitative estimate of drug-likeness (QED) is 0.633. The van der Waals surface area contributed by atoms with E-state index in [0.29, 0.717) is 0 Å². The molecule has 0 bridgehead atoms. The molecular weight excluding hydrogens is 206 g/mol. The van der Waals surface area contributed by atoms with E-state index in [1.54, 1.807) is 5.56 Å². The molecule has 0 amide bonds. The van der Waals surface area contributed by atoms with Crippen LogP contribution in [0.5, 0.6) is 0 Å². The Morgan fingerprint density at radius 3 is 2.06 bits per heavy atom. The third-order valence-electron chi connectivity index (χ3n) is 3.24. The van der Waals surface area contributed by atoms with E-state index < -0.39 is 0 Å². The molecule has 0 saturated carbocycles. The van der Waals surface area contributed by atoms with Gasteiger partial charge in [-0.05, 0) is 49.3 Å². The van der Waals surface area contributed by atoms with Gasteiger partial charge in [0.1, 0.15) is 0 Å². The van der Waals surface area contributed by atoms with Crippen molar-refractivity contribution in [2.75, 3.05) is 0 Å². The monoisotopic (exact) mass is 233 g/mol. The van der Waals surface area contributed by atoms with Crippen LogP contribution in [-0.4, -0.2) is 4.98 Å². The van der Waals surface area contributed by atoms with E-state index in [0.717, 1.165) is 6.42 Å². The average molecular weight is 233 g/mol. The predicted molar refractivity (Wildman–Crippen MR) is 75.5 cm³/mol. The fraction of sp³-hybridized carbons (Fsp3) is 0.688. The van der Waals surface area contributed by atoms with E-state index in [1.165, 1.54) is 56.2 Å². The summed E-state index contributed by atoms with van der Waals surface area (Å²) in [5.41, 5.74) is 4.32. The molecule has 1 aromatic heterocycles. The molecule has 0 fully saturated rings. The summed E-state index contributed by atoms with van der Waals surface area (Å²) in [6, 6.07) is 2.35. The van der Waals surface area contributed by atoms with Gasteiger partial charge in [-0.3, -0.25) is 4.98 Å². The lowest BCUT2D eigenvalue weighted by Crippen LogP contribution is -2.00. The van der Waals surface area contributed by atoms with Crippen LogP contribution in [0.3, 0.4) is 0 Å². The minimum absolute atomic E-state index is 1.12. The van der Waals surface area contributed by atoms with Crippen molar-refractivity contribution in [1.82, 2.24) is 4.98 Å². The lowest BCUT2D eigenvalue weighted by Gasteiger charge is -2.10. The van der Waals surface area contributed by atoms with Crippen molar-refractivity contribution < 1.29 is 0 Å². The standard InChI is InChI=1S/C16H27N/c1-4-7-10-14-12-16(9-6-3)17-13-15(14)11-8-5-2/h12-13H,4-11H2,1-3H3. The summed E-state index contributed by atoms with van der Waals surface area (Å²) in [6.45, 7) is 6.74. The molecule has 17 heavy (non-hydrogen) atoms. The molecule has 1 heteroatoms. The van der Waals surface area contributed by atoms with Crippen LogP contribution in [0, 0.1) is 0 Å². The summed E-state index contributed by atoms with van der Waals surface area (Å²) in [7, 11) is 0. The van der Waals surface area contributed by atoms with Gasteiger partial charge >= 0.3 is 0 Å². The number of hydrogen-bond donors (Lipinski definition) is 0. The van der Waals surface area contributed by atoms with Crippen molar-refractivity contribution in [3.63, 3.8) is 0 Å². The maximum Gasteiger partial charge on any atom is 0.0406 e. The summed E-state index contributed by atoms with van der Waals surface area (Å²) in [4.78, 5) is 4.59. The first-order valence-electron chi connectivity index (χ1n) is 7.28. The second-order valence-corrected chi connectivity index (χ2v) is 4.90. The van der Waals surface area contributed by atoms with Gasteiger partial charge in [-0.2, -0.15) is 0 Å². The summed E-state index contributed by atoms with van der Waals surface area (Å²) in [5, 5.41) is 0. The van der Waals surface area contributed by atoms with Gasteiger partial charge in [0.25, 0.3) is 0 Å². The Hall–Kier alpha value is -0.850. The van der Waals surface area contributed by atoms with Crippen molar-refractivity contribution >= 4 is 0 Å². The van der Waals surface area contributed by atoms with E-state index in [9.17, 15) is 0 Å². The van der Waals surface area contributed by atoms with E-state index in [4.69, 9.17) is 0 Å². The van der Waals surface area contributed by atoms with Crippen LogP contribution in [-0.2, 0) is 19.3 Å². The molecule has 0 N–H and O–H groups in total. The molecule has 96 valence electrons. The molecule has 0 spiro atoms. The minimum Gasteiger partial charge on any atom is -0.261 e. The number of aromatic nitrogens is 1. The van der Waals surface area contributed by atoms with Crippen LogP contribution >= 0.6 is 0 Å². The molecular formula is C16H27N. The summed E-state index contributed by atoms with van der Waals surface area (Å²) in [6.07, 6.45) is 12.0. The Kier molecular flexibility index (Phi) is 6.91. The van der Waals surface area contributed by atoms with Crippen LogP contribution in [0.4, 0.5) is 0 Å². The largest absolute Gasteiger partial charge is 0.261 e. The molecule has 0 unspecified atom stereocenters. The Balaban J connectivity index is 2.78. The van der Waals surface area contributed by atoms with E-state index in [1.807, 2.05) is 0 Å². The summed E-state index contributed by atoms with van der Waals surface area (Å²) in [5.74, 6) is 0. The second kappa shape index (κ2) is 8.27. The highest BCUT2D eigenvalue weighted by molar-refractivity contribution is 5.27. The van der Waals surface area contributed by atoms with Gasteiger partial charge in [-0.1, -0.05) is 40.0 Å². The van der Waals surface area contributed by atoms with Crippen LogP contribution in [0.1, 0.15) is 69.7 Å². The van der Waals surface area contributed by atoms with Crippen molar-refractivity contribution in [2.24, 2.45) is 0 Å². The lowest BCUT2D eigenvalue weighted by atomic mass is 9.98. The van der Waals surface area contributed by atoms with Crippen molar-refractivity contribution in [2.45, 2.75) is 72.1 Å². The lowest BCUT2D eigenvalue weighted by molar-refractivity contribution is 0.748. The van der Waals surface area contributed by atoms with Gasteiger partial charge in [0.15, 0.2) is 0 Å². The topological polar surface area (TPSA) is 12.9 Å². The number of hydrogen-bond acceptors (Lipinski definition) is 1. The van der Waals surface area contributed by atoms with Gasteiger partial charge in [-0.25, -0.2) is 0 Å². The Labute approximate surface area is 107 Å². The van der Waals surface area contributed by atoms with Crippen molar-refractivity contribution in [3.8, 4) is 0 Å². The number of unbranched alkanes of at least 4 members (excludes halogenated alkanes) is 2. The number of pyridine rings is 1. The van der Waals surface area contributed by atoms with Gasteiger partial charge < -0.3 is 0 Å². The Bertz CT molecular complexity index is 317. The molecule has 0 aliphatic heterocycles. The normalized spacial score (nSPS) is 10.8. The molecule has 0 radical (unpaired) electrons. The van der Waals surface area contributed by atoms with Gasteiger partial charge in [0.05, 0.1) is 0 Å². The third kappa shape index (κ3) is 4.89. The molecule has 1 nitrogen and oxygen atoms in total. The van der Waals surface area contributed by atoms with Crippen molar-refractivity contribution in [1.29, 1.82) is 0 Å². The highest BCUT2D eigenvalue weighted by atomic mass is 14.7. The van der Waals surface area contributed by atoms with Gasteiger partial charge in [-0.15, -0.1) is 0 Å². The maximum atomic E-state index is 4.59. The van der Waals surface area contributed by atoms with Crippen LogP contribution < -0.4 is 0 Å². The van der Waals surface area contributed by atoms with Crippen LogP contribution in [0.2, 0.25) is 0 Å². The SMILES string of the molecule is CCCCc1cnc(CCC)cc1CCCC. The van der Waals surface area contributed by atoms with Gasteiger partial charge in [0.2, 0.25) is 0 Å². The molecule has 1 heterocycles. The maximum absolute atomic E-state index is 4.59. The zero-order valence-electron chi connectivity index (χ0n) is 11.8. The third-order valence-corrected chi connectivity index (χ3v) is 3.24. The molecule has 0 atom stereocenters. The highest BCUT2D eigenvalue weighted by Crippen LogP contribution is 2.16. The fourth-order valence-corrected chi connectivity index (χ4v) is 2.16. The number of nitrogens with zero attached hydrogens (tertiary/aromatic N) is 1. The average Bonchev–Trinajstić information content (AvgIpc) is 2.35. The molecule has 0 saturated heterocycles. The van der Waals surface area contributed by atoms with E-state index >= 15 is 0 Å². The molecule has 1 rings (SSSR count). The van der Waals surface area contributed by atoms with Gasteiger partial charge in [0, 0.05) is 11.9 Å². The minimum atomic E-state index is 1.12. The zero-order valence-corrected chi connectivity index (χ0v) is 11.8. The highest BCUT2D eigenvalue weighted by Gasteiger charge is 2.04. The van der Waals surface area contributed by atoms with E-state index in [2.05, 4.69) is 38.0 Å².